The zero-order chi connectivity index (χ0) is 16.0. The predicted octanol–water partition coefficient (Wildman–Crippen LogP) is 2.38. The molecule has 0 saturated heterocycles. The molecule has 1 aromatic rings. The number of amides is 1. The first-order valence-electron chi connectivity index (χ1n) is 6.22. The number of halogens is 1. The molecule has 1 amide bonds. The van der Waals surface area contributed by atoms with E-state index in [0.717, 1.165) is 0 Å². The molecule has 7 nitrogen and oxygen atoms in total. The highest BCUT2D eigenvalue weighted by Crippen LogP contribution is 2.28. The van der Waals surface area contributed by atoms with Crippen LogP contribution < -0.4 is 0 Å². The molecule has 0 heterocycles. The minimum Gasteiger partial charge on any atom is -0.466 e. The maximum Gasteiger partial charge on any atom is 0.307 e. The van der Waals surface area contributed by atoms with Crippen LogP contribution in [-0.2, 0) is 9.53 Å². The van der Waals surface area contributed by atoms with Crippen molar-refractivity contribution in [2.24, 2.45) is 0 Å². The summed E-state index contributed by atoms with van der Waals surface area (Å²) in [5, 5.41) is 10.8. The lowest BCUT2D eigenvalue weighted by molar-refractivity contribution is -0.385. The van der Waals surface area contributed by atoms with Crippen LogP contribution in [0.4, 0.5) is 5.69 Å². The Hall–Kier alpha value is -1.96. The Balaban J connectivity index is 2.81. The van der Waals surface area contributed by atoms with E-state index in [1.807, 2.05) is 0 Å². The van der Waals surface area contributed by atoms with E-state index >= 15 is 0 Å². The van der Waals surface area contributed by atoms with Crippen LogP contribution in [0.5, 0.6) is 0 Å². The Kier molecular flexibility index (Phi) is 6.29. The van der Waals surface area contributed by atoms with Crippen molar-refractivity contribution < 1.29 is 19.2 Å². The van der Waals surface area contributed by atoms with E-state index in [2.05, 4.69) is 15.9 Å². The van der Waals surface area contributed by atoms with Gasteiger partial charge in [0.05, 0.1) is 23.5 Å². The van der Waals surface area contributed by atoms with Gasteiger partial charge in [-0.1, -0.05) is 6.07 Å². The van der Waals surface area contributed by atoms with Crippen molar-refractivity contribution in [1.29, 1.82) is 0 Å². The van der Waals surface area contributed by atoms with Gasteiger partial charge in [-0.25, -0.2) is 0 Å². The molecule has 1 aromatic carbocycles. The van der Waals surface area contributed by atoms with E-state index in [4.69, 9.17) is 4.74 Å². The number of esters is 1. The van der Waals surface area contributed by atoms with Crippen LogP contribution in [0.1, 0.15) is 23.7 Å². The lowest BCUT2D eigenvalue weighted by atomic mass is 10.1. The molecule has 0 aliphatic rings. The second kappa shape index (κ2) is 7.72. The molecule has 8 heteroatoms. The number of carbonyl (C=O) groups is 2. The highest BCUT2D eigenvalue weighted by molar-refractivity contribution is 9.10. The van der Waals surface area contributed by atoms with E-state index in [-0.39, 0.29) is 35.3 Å². The number of hydrogen-bond acceptors (Lipinski definition) is 5. The summed E-state index contributed by atoms with van der Waals surface area (Å²) < 4.78 is 4.90. The summed E-state index contributed by atoms with van der Waals surface area (Å²) in [6.07, 6.45) is 0.0720. The van der Waals surface area contributed by atoms with Gasteiger partial charge >= 0.3 is 5.97 Å². The molecular weight excluding hydrogens is 344 g/mol. The maximum atomic E-state index is 12.2. The number of nitro groups is 1. The predicted molar refractivity (Wildman–Crippen MR) is 79.0 cm³/mol. The Morgan fingerprint density at radius 1 is 1.43 bits per heavy atom. The zero-order valence-corrected chi connectivity index (χ0v) is 13.3. The zero-order valence-electron chi connectivity index (χ0n) is 11.7. The molecule has 0 spiro atoms. The van der Waals surface area contributed by atoms with E-state index < -0.39 is 16.8 Å². The fourth-order valence-electron chi connectivity index (χ4n) is 1.63. The summed E-state index contributed by atoms with van der Waals surface area (Å²) >= 11 is 3.07. The van der Waals surface area contributed by atoms with Crippen molar-refractivity contribution in [2.45, 2.75) is 13.3 Å². The van der Waals surface area contributed by atoms with Crippen molar-refractivity contribution >= 4 is 33.5 Å². The van der Waals surface area contributed by atoms with E-state index in [0.29, 0.717) is 0 Å². The third-order valence-electron chi connectivity index (χ3n) is 2.71. The van der Waals surface area contributed by atoms with Crippen LogP contribution in [0.25, 0.3) is 0 Å². The molecule has 0 saturated carbocycles. The smallest absolute Gasteiger partial charge is 0.307 e. The summed E-state index contributed by atoms with van der Waals surface area (Å²) in [7, 11) is 1.52. The van der Waals surface area contributed by atoms with Crippen molar-refractivity contribution in [3.05, 3.63) is 38.3 Å². The van der Waals surface area contributed by atoms with Gasteiger partial charge in [0.25, 0.3) is 11.6 Å². The molecule has 114 valence electrons. The van der Waals surface area contributed by atoms with E-state index in [1.165, 1.54) is 30.1 Å². The van der Waals surface area contributed by atoms with Gasteiger partial charge in [0.1, 0.15) is 4.47 Å². The Labute approximate surface area is 130 Å². The molecule has 21 heavy (non-hydrogen) atoms. The Bertz CT molecular complexity index is 561. The molecule has 0 unspecified atom stereocenters. The molecular formula is C13H15BrN2O5. The van der Waals surface area contributed by atoms with Crippen LogP contribution in [0, 0.1) is 10.1 Å². The van der Waals surface area contributed by atoms with Crippen LogP contribution in [0.2, 0.25) is 0 Å². The van der Waals surface area contributed by atoms with Crippen LogP contribution in [0.15, 0.2) is 22.7 Å². The average molecular weight is 359 g/mol. The third kappa shape index (κ3) is 4.52. The largest absolute Gasteiger partial charge is 0.466 e. The Morgan fingerprint density at radius 3 is 2.67 bits per heavy atom. The number of benzene rings is 1. The Morgan fingerprint density at radius 2 is 2.10 bits per heavy atom. The minimum atomic E-state index is -0.570. The second-order valence-corrected chi connectivity index (χ2v) is 4.97. The monoisotopic (exact) mass is 358 g/mol. The molecule has 0 bridgehead atoms. The molecule has 1 rings (SSSR count). The molecule has 0 radical (unpaired) electrons. The summed E-state index contributed by atoms with van der Waals surface area (Å²) in [6, 6.07) is 4.23. The molecule has 0 aromatic heterocycles. The fourth-order valence-corrected chi connectivity index (χ4v) is 2.20. The number of rotatable bonds is 6. The lowest BCUT2D eigenvalue weighted by Gasteiger charge is -2.17. The summed E-state index contributed by atoms with van der Waals surface area (Å²) in [6.45, 7) is 2.16. The molecule has 0 aliphatic heterocycles. The van der Waals surface area contributed by atoms with E-state index in [9.17, 15) is 19.7 Å². The van der Waals surface area contributed by atoms with Crippen molar-refractivity contribution in [1.82, 2.24) is 4.90 Å². The maximum absolute atomic E-state index is 12.2. The highest BCUT2D eigenvalue weighted by atomic mass is 79.9. The van der Waals surface area contributed by atoms with Crippen LogP contribution in [0.3, 0.4) is 0 Å². The average Bonchev–Trinajstić information content (AvgIpc) is 2.44. The topological polar surface area (TPSA) is 89.8 Å². The SMILES string of the molecule is CCOC(=O)CCN(C)C(=O)c1cccc([N+](=O)[O-])c1Br. The van der Waals surface area contributed by atoms with Crippen LogP contribution in [-0.4, -0.2) is 41.9 Å². The first-order valence-corrected chi connectivity index (χ1v) is 7.01. The lowest BCUT2D eigenvalue weighted by Crippen LogP contribution is -2.29. The summed E-state index contributed by atoms with van der Waals surface area (Å²) in [5.74, 6) is -0.801. The highest BCUT2D eigenvalue weighted by Gasteiger charge is 2.22. The normalized spacial score (nSPS) is 10.0. The first kappa shape index (κ1) is 17.1. The molecule has 0 aliphatic carbocycles. The van der Waals surface area contributed by atoms with Crippen LogP contribution >= 0.6 is 15.9 Å². The van der Waals surface area contributed by atoms with Gasteiger partial charge in [0.2, 0.25) is 0 Å². The first-order chi connectivity index (χ1) is 9.88. The molecule has 0 fully saturated rings. The number of carbonyl (C=O) groups excluding carboxylic acids is 2. The van der Waals surface area contributed by atoms with Gasteiger partial charge in [-0.3, -0.25) is 19.7 Å². The quantitative estimate of drug-likeness (QED) is 0.442. The number of hydrogen-bond donors (Lipinski definition) is 0. The summed E-state index contributed by atoms with van der Waals surface area (Å²) in [4.78, 5) is 35.1. The minimum absolute atomic E-state index is 0.0720. The third-order valence-corrected chi connectivity index (χ3v) is 3.54. The van der Waals surface area contributed by atoms with Crippen molar-refractivity contribution in [3.63, 3.8) is 0 Å². The van der Waals surface area contributed by atoms with Gasteiger partial charge in [-0.2, -0.15) is 0 Å². The van der Waals surface area contributed by atoms with Gasteiger partial charge in [0, 0.05) is 19.7 Å². The van der Waals surface area contributed by atoms with Gasteiger partial charge in [-0.05, 0) is 28.9 Å². The standard InChI is InChI=1S/C13H15BrN2O5/c1-3-21-11(17)7-8-15(2)13(18)9-5-4-6-10(12(9)14)16(19)20/h4-6H,3,7-8H2,1-2H3. The van der Waals surface area contributed by atoms with Gasteiger partial charge in [0.15, 0.2) is 0 Å². The van der Waals surface area contributed by atoms with E-state index in [1.54, 1.807) is 6.92 Å². The second-order valence-electron chi connectivity index (χ2n) is 4.18. The van der Waals surface area contributed by atoms with Crippen molar-refractivity contribution in [3.8, 4) is 0 Å². The number of nitro benzene ring substituents is 1. The number of nitrogens with zero attached hydrogens (tertiary/aromatic N) is 2. The van der Waals surface area contributed by atoms with Gasteiger partial charge < -0.3 is 9.64 Å². The van der Waals surface area contributed by atoms with Gasteiger partial charge in [-0.15, -0.1) is 0 Å². The van der Waals surface area contributed by atoms with Crippen molar-refractivity contribution in [2.75, 3.05) is 20.2 Å². The summed E-state index contributed by atoms with van der Waals surface area (Å²) in [5.41, 5.74) is -0.00444. The molecule has 0 atom stereocenters. The fraction of sp³-hybridized carbons (Fsp3) is 0.385. The molecule has 0 N–H and O–H groups in total. The number of ether oxygens (including phenoxy) is 1.